The first-order valence-corrected chi connectivity index (χ1v) is 15.2. The van der Waals surface area contributed by atoms with Crippen molar-refractivity contribution >= 4 is 45.2 Å². The molecule has 0 aromatic heterocycles. The number of likely N-dealkylation sites (tertiary alicyclic amines) is 1. The molecular weight excluding hydrogens is 650 g/mol. The molecule has 0 radical (unpaired) electrons. The van der Waals surface area contributed by atoms with Crippen LogP contribution < -0.4 is 0 Å². The van der Waals surface area contributed by atoms with Gasteiger partial charge in [-0.05, 0) is 48.4 Å². The number of hydrogen-bond acceptors (Lipinski definition) is 4. The number of fused-ring (bicyclic) bond motifs is 1. The number of hydrogen-bond donors (Lipinski definition) is 2. The van der Waals surface area contributed by atoms with Gasteiger partial charge in [-0.2, -0.15) is 0 Å². The third kappa shape index (κ3) is 8.85. The summed E-state index contributed by atoms with van der Waals surface area (Å²) in [6, 6.07) is 21.1. The molecule has 0 spiro atoms. The van der Waals surface area contributed by atoms with E-state index in [0.717, 1.165) is 50.6 Å². The number of nitrogens with zero attached hydrogens (tertiary/aromatic N) is 2. The maximum atomic E-state index is 9.45. The van der Waals surface area contributed by atoms with Gasteiger partial charge in [-0.1, -0.05) is 112 Å². The van der Waals surface area contributed by atoms with Gasteiger partial charge in [-0.25, -0.2) is 0 Å². The number of aliphatic hydroxyl groups is 2. The molecule has 2 unspecified atom stereocenters. The zero-order valence-corrected chi connectivity index (χ0v) is 24.3. The molecule has 186 valence electrons. The summed E-state index contributed by atoms with van der Waals surface area (Å²) in [5, 5.41) is 18.5. The molecule has 2 aromatic rings. The summed E-state index contributed by atoms with van der Waals surface area (Å²) >= 11 is 4.55. The van der Waals surface area contributed by atoms with Gasteiger partial charge >= 0.3 is 0 Å². The lowest BCUT2D eigenvalue weighted by Gasteiger charge is -2.31. The second kappa shape index (κ2) is 14.9. The minimum Gasteiger partial charge on any atom is -0.396 e. The molecule has 1 saturated carbocycles. The van der Waals surface area contributed by atoms with Gasteiger partial charge in [-0.15, -0.1) is 0 Å². The zero-order chi connectivity index (χ0) is 24.2. The van der Waals surface area contributed by atoms with Crippen molar-refractivity contribution in [1.82, 2.24) is 9.80 Å². The van der Waals surface area contributed by atoms with Crippen LogP contribution in [0.5, 0.6) is 0 Å². The standard InChI is InChI=1S/C14H19NO.C13H17NO.CH2I2/c16-11-14-8-13(14)6-7-15(10-14)9-12-4-2-1-3-5-12;15-11-13-7-4-8-14(10-13)9-12-5-2-1-3-6-12;2-1-3/h1-5,13,16H,6-11H2;1-3,5-7,15H,4,8-11H2;1H2. The highest BCUT2D eigenvalue weighted by Gasteiger charge is 2.56. The molecule has 2 aromatic carbocycles. The molecule has 3 aliphatic rings. The van der Waals surface area contributed by atoms with Gasteiger partial charge in [0.15, 0.2) is 0 Å². The van der Waals surface area contributed by atoms with E-state index in [1.54, 1.807) is 0 Å². The van der Waals surface area contributed by atoms with E-state index in [9.17, 15) is 5.11 Å². The Bertz CT molecular complexity index is 865. The van der Waals surface area contributed by atoms with E-state index >= 15 is 0 Å². The third-order valence-corrected chi connectivity index (χ3v) is 7.01. The van der Waals surface area contributed by atoms with E-state index in [-0.39, 0.29) is 12.0 Å². The van der Waals surface area contributed by atoms with Crippen LogP contribution in [0.1, 0.15) is 30.4 Å². The summed E-state index contributed by atoms with van der Waals surface area (Å²) in [4.78, 5) is 4.87. The molecule has 1 aliphatic carbocycles. The molecule has 0 amide bonds. The second-order valence-corrected chi connectivity index (χ2v) is 14.0. The van der Waals surface area contributed by atoms with Crippen molar-refractivity contribution in [2.24, 2.45) is 11.3 Å². The number of benzene rings is 2. The van der Waals surface area contributed by atoms with Crippen molar-refractivity contribution in [3.63, 3.8) is 0 Å². The second-order valence-electron chi connectivity index (χ2n) is 9.51. The number of alkyl halides is 2. The Morgan fingerprint density at radius 3 is 2.00 bits per heavy atom. The van der Waals surface area contributed by atoms with Crippen LogP contribution in [0.2, 0.25) is 0 Å². The summed E-state index contributed by atoms with van der Waals surface area (Å²) in [6.45, 7) is 6.88. The van der Waals surface area contributed by atoms with E-state index in [1.807, 2.05) is 6.07 Å². The van der Waals surface area contributed by atoms with Gasteiger partial charge in [0.2, 0.25) is 0 Å². The first-order chi connectivity index (χ1) is 16.6. The Morgan fingerprint density at radius 2 is 1.44 bits per heavy atom. The molecule has 4 nitrogen and oxygen atoms in total. The quantitative estimate of drug-likeness (QED) is 0.239. The van der Waals surface area contributed by atoms with Crippen LogP contribution in [0.4, 0.5) is 0 Å². The molecule has 2 atom stereocenters. The minimum absolute atomic E-state index is 0.200. The van der Waals surface area contributed by atoms with Gasteiger partial charge in [0, 0.05) is 38.1 Å². The van der Waals surface area contributed by atoms with Crippen molar-refractivity contribution in [3.8, 4) is 0 Å². The van der Waals surface area contributed by atoms with E-state index in [1.165, 1.54) is 32.9 Å². The molecule has 1 saturated heterocycles. The molecule has 0 bridgehead atoms. The maximum Gasteiger partial charge on any atom is 0.0654 e. The monoisotopic (exact) mass is 688 g/mol. The highest BCUT2D eigenvalue weighted by molar-refractivity contribution is 14.2. The smallest absolute Gasteiger partial charge is 0.0654 e. The van der Waals surface area contributed by atoms with E-state index < -0.39 is 0 Å². The average molecular weight is 688 g/mol. The summed E-state index contributed by atoms with van der Waals surface area (Å²) in [6.07, 6.45) is 5.73. The number of halogens is 2. The van der Waals surface area contributed by atoms with Gasteiger partial charge in [0.05, 0.1) is 15.6 Å². The van der Waals surface area contributed by atoms with Crippen LogP contribution >= 0.6 is 45.2 Å². The SMILES string of the molecule is ICI.OCC12CC1CCN(Cc1ccccc1)C2.OCC1=CCCN(Cc2ccccc2)C1. The predicted octanol–water partition coefficient (Wildman–Crippen LogP) is 5.52. The van der Waals surface area contributed by atoms with E-state index in [0.29, 0.717) is 6.61 Å². The van der Waals surface area contributed by atoms with E-state index in [4.69, 9.17) is 5.11 Å². The molecule has 5 rings (SSSR count). The zero-order valence-electron chi connectivity index (χ0n) is 20.0. The number of rotatable bonds is 6. The van der Waals surface area contributed by atoms with Crippen LogP contribution in [0.25, 0.3) is 0 Å². The Morgan fingerprint density at radius 1 is 0.853 bits per heavy atom. The lowest BCUT2D eigenvalue weighted by Crippen LogP contribution is -2.37. The predicted molar refractivity (Wildman–Crippen MR) is 158 cm³/mol. The van der Waals surface area contributed by atoms with E-state index in [2.05, 4.69) is 116 Å². The van der Waals surface area contributed by atoms with Crippen LogP contribution in [0.3, 0.4) is 0 Å². The van der Waals surface area contributed by atoms with Crippen molar-refractivity contribution in [3.05, 3.63) is 83.4 Å². The van der Waals surface area contributed by atoms with Crippen molar-refractivity contribution in [1.29, 1.82) is 0 Å². The van der Waals surface area contributed by atoms with Crippen molar-refractivity contribution in [2.75, 3.05) is 41.8 Å². The number of piperidine rings is 1. The summed E-state index contributed by atoms with van der Waals surface area (Å²) in [5.41, 5.74) is 4.15. The minimum atomic E-state index is 0.200. The topological polar surface area (TPSA) is 46.9 Å². The molecule has 2 aliphatic heterocycles. The fourth-order valence-electron chi connectivity index (χ4n) is 5.09. The molecule has 2 heterocycles. The fraction of sp³-hybridized carbons (Fsp3) is 0.500. The largest absolute Gasteiger partial charge is 0.396 e. The first kappa shape index (κ1) is 28.1. The molecular formula is C28H38I2N2O2. The van der Waals surface area contributed by atoms with Crippen LogP contribution in [-0.2, 0) is 13.1 Å². The average Bonchev–Trinajstić information content (AvgIpc) is 3.61. The van der Waals surface area contributed by atoms with Gasteiger partial charge in [0.1, 0.15) is 0 Å². The lowest BCUT2D eigenvalue weighted by molar-refractivity contribution is 0.102. The Hall–Kier alpha value is -0.520. The molecule has 2 fully saturated rings. The maximum absolute atomic E-state index is 9.45. The van der Waals surface area contributed by atoms with Gasteiger partial charge < -0.3 is 10.2 Å². The van der Waals surface area contributed by atoms with Crippen molar-refractivity contribution < 1.29 is 10.2 Å². The normalized spacial score (nSPS) is 24.0. The van der Waals surface area contributed by atoms with Crippen LogP contribution in [0, 0.1) is 11.3 Å². The Balaban J connectivity index is 0.000000172. The molecule has 2 N–H and O–H groups in total. The highest BCUT2D eigenvalue weighted by atomic mass is 127. The van der Waals surface area contributed by atoms with Crippen LogP contribution in [0.15, 0.2) is 72.3 Å². The highest BCUT2D eigenvalue weighted by Crippen LogP contribution is 2.57. The van der Waals surface area contributed by atoms with Gasteiger partial charge in [-0.3, -0.25) is 9.80 Å². The summed E-state index contributed by atoms with van der Waals surface area (Å²) < 4.78 is 1.19. The summed E-state index contributed by atoms with van der Waals surface area (Å²) in [7, 11) is 0. The molecule has 34 heavy (non-hydrogen) atoms. The lowest BCUT2D eigenvalue weighted by atomic mass is 9.98. The number of aliphatic hydroxyl groups excluding tert-OH is 2. The molecule has 6 heteroatoms. The third-order valence-electron chi connectivity index (χ3n) is 7.01. The Labute approximate surface area is 232 Å². The van der Waals surface area contributed by atoms with Crippen LogP contribution in [-0.4, -0.2) is 61.8 Å². The van der Waals surface area contributed by atoms with Crippen molar-refractivity contribution in [2.45, 2.75) is 32.4 Å². The first-order valence-electron chi connectivity index (χ1n) is 12.2. The Kier molecular flexibility index (Phi) is 12.3. The fourth-order valence-corrected chi connectivity index (χ4v) is 5.09. The van der Waals surface area contributed by atoms with Gasteiger partial charge in [0.25, 0.3) is 0 Å². The summed E-state index contributed by atoms with van der Waals surface area (Å²) in [5.74, 6) is 0.810.